The van der Waals surface area contributed by atoms with Crippen LogP contribution >= 0.6 is 0 Å². The molecule has 3 N–H and O–H groups in total. The Hall–Kier alpha value is -5.72. The standard InChI is InChI=1S/C51H62N6O5Si/c1-37(2)41-27-22-28-42(33-41)54-45-46(55-56-53)51(52,38(3)61-47(58)57(8)9)49(7,60-35-40-25-16-11-17-26-40)50(45,36-59-34-39-23-14-10-15-24-39)62-63(48(4,5)6,43-29-18-12-19-30-43)44-31-20-13-21-32-44/h10-33,38,45-46,54H,1,34-36,52H2,2-9H3/t38-,45-,46-,49-,50+,51-/m0/s1. The molecule has 5 aromatic rings. The summed E-state index contributed by atoms with van der Waals surface area (Å²) in [6, 6.07) is 46.1. The van der Waals surface area contributed by atoms with Gasteiger partial charge in [0.05, 0.1) is 37.4 Å². The van der Waals surface area contributed by atoms with E-state index in [1.165, 1.54) is 4.90 Å². The van der Waals surface area contributed by atoms with E-state index < -0.39 is 54.4 Å². The lowest BCUT2D eigenvalue weighted by Gasteiger charge is -2.57. The number of azide groups is 1. The van der Waals surface area contributed by atoms with Gasteiger partial charge in [0, 0.05) is 24.7 Å². The second-order valence-corrected chi connectivity index (χ2v) is 22.1. The number of hydrogen-bond acceptors (Lipinski definition) is 8. The maximum atomic E-state index is 13.6. The van der Waals surface area contributed by atoms with E-state index in [9.17, 15) is 10.3 Å². The van der Waals surface area contributed by atoms with Gasteiger partial charge in [0.15, 0.2) is 0 Å². The van der Waals surface area contributed by atoms with Gasteiger partial charge >= 0.3 is 6.09 Å². The fourth-order valence-electron chi connectivity index (χ4n) is 9.21. The van der Waals surface area contributed by atoms with Crippen molar-refractivity contribution in [3.8, 4) is 0 Å². The molecule has 1 fully saturated rings. The summed E-state index contributed by atoms with van der Waals surface area (Å²) in [5.74, 6) is 0. The topological polar surface area (TPSA) is 144 Å². The van der Waals surface area contributed by atoms with Crippen molar-refractivity contribution in [3.63, 3.8) is 0 Å². The maximum absolute atomic E-state index is 13.6. The van der Waals surface area contributed by atoms with Gasteiger partial charge in [0.2, 0.25) is 0 Å². The SMILES string of the molecule is C=C(C)c1cccc(N[C@H]2[C@H](N=[N+]=[N-])[C@@](N)([C@H](C)OC(=O)N(C)C)[C@@](C)(OCc3ccccc3)[C@]2(COCc2ccccc2)O[Si](c2ccccc2)(c2ccccc2)C(C)(C)C)c1. The van der Waals surface area contributed by atoms with Crippen LogP contribution in [0.3, 0.4) is 0 Å². The number of nitrogens with two attached hydrogens (primary N) is 1. The minimum absolute atomic E-state index is 0.0794. The highest BCUT2D eigenvalue weighted by atomic mass is 28.4. The molecule has 5 aromatic carbocycles. The number of benzene rings is 5. The Morgan fingerprint density at radius 3 is 1.89 bits per heavy atom. The number of amides is 1. The molecular formula is C51H62N6O5Si. The molecule has 11 nitrogen and oxygen atoms in total. The first kappa shape index (κ1) is 46.8. The van der Waals surface area contributed by atoms with E-state index in [1.807, 2.05) is 135 Å². The predicted octanol–water partition coefficient (Wildman–Crippen LogP) is 9.48. The summed E-state index contributed by atoms with van der Waals surface area (Å²) in [7, 11) is -0.407. The minimum Gasteiger partial charge on any atom is -0.444 e. The highest BCUT2D eigenvalue weighted by molar-refractivity contribution is 6.99. The summed E-state index contributed by atoms with van der Waals surface area (Å²) < 4.78 is 29.2. The van der Waals surface area contributed by atoms with Gasteiger partial charge in [-0.3, -0.25) is 0 Å². The zero-order valence-electron chi connectivity index (χ0n) is 37.8. The Morgan fingerprint density at radius 2 is 1.40 bits per heavy atom. The molecule has 0 spiro atoms. The molecule has 63 heavy (non-hydrogen) atoms. The van der Waals surface area contributed by atoms with E-state index in [0.717, 1.165) is 32.6 Å². The zero-order valence-corrected chi connectivity index (χ0v) is 38.8. The molecule has 1 aliphatic rings. The summed E-state index contributed by atoms with van der Waals surface area (Å²) in [6.07, 6.45) is -1.74. The Balaban J connectivity index is 1.76. The number of allylic oxidation sites excluding steroid dienone is 1. The van der Waals surface area contributed by atoms with E-state index in [1.54, 1.807) is 21.0 Å². The Labute approximate surface area is 374 Å². The van der Waals surface area contributed by atoms with Crippen molar-refractivity contribution >= 4 is 36.0 Å². The van der Waals surface area contributed by atoms with E-state index in [0.29, 0.717) is 5.69 Å². The van der Waals surface area contributed by atoms with Crippen molar-refractivity contribution in [1.29, 1.82) is 0 Å². The lowest BCUT2D eigenvalue weighted by Crippen LogP contribution is -2.79. The van der Waals surface area contributed by atoms with Crippen molar-refractivity contribution in [2.45, 2.75) is 94.7 Å². The molecule has 6 rings (SSSR count). The number of nitrogens with zero attached hydrogens (tertiary/aromatic N) is 4. The minimum atomic E-state index is -3.62. The second-order valence-electron chi connectivity index (χ2n) is 17.9. The number of nitrogens with one attached hydrogen (secondary N) is 1. The van der Waals surface area contributed by atoms with Gasteiger partial charge < -0.3 is 34.6 Å². The van der Waals surface area contributed by atoms with Crippen molar-refractivity contribution in [2.24, 2.45) is 10.8 Å². The molecule has 0 radical (unpaired) electrons. The van der Waals surface area contributed by atoms with Crippen LogP contribution in [0.4, 0.5) is 10.5 Å². The molecule has 330 valence electrons. The Morgan fingerprint density at radius 1 is 0.873 bits per heavy atom. The fourth-order valence-corrected chi connectivity index (χ4v) is 14.1. The first-order valence-electron chi connectivity index (χ1n) is 21.4. The van der Waals surface area contributed by atoms with Crippen molar-refractivity contribution in [2.75, 3.05) is 26.0 Å². The average Bonchev–Trinajstić information content (AvgIpc) is 3.42. The molecule has 12 heteroatoms. The first-order valence-corrected chi connectivity index (χ1v) is 23.3. The lowest BCUT2D eigenvalue weighted by atomic mass is 9.73. The molecule has 0 aromatic heterocycles. The van der Waals surface area contributed by atoms with Crippen LogP contribution in [0.25, 0.3) is 16.0 Å². The third-order valence-corrected chi connectivity index (χ3v) is 17.7. The third kappa shape index (κ3) is 9.06. The van der Waals surface area contributed by atoms with Crippen LogP contribution in [-0.2, 0) is 31.9 Å². The van der Waals surface area contributed by atoms with Crippen molar-refractivity contribution < 1.29 is 23.4 Å². The lowest BCUT2D eigenvalue weighted by molar-refractivity contribution is -0.214. The monoisotopic (exact) mass is 866 g/mol. The number of rotatable bonds is 17. The van der Waals surface area contributed by atoms with Crippen molar-refractivity contribution in [3.05, 3.63) is 179 Å². The van der Waals surface area contributed by atoms with Crippen LogP contribution in [0.15, 0.2) is 157 Å². The number of ether oxygens (including phenoxy) is 3. The molecule has 1 aliphatic carbocycles. The molecule has 1 saturated carbocycles. The van der Waals surface area contributed by atoms with Crippen LogP contribution in [0.1, 0.15) is 58.2 Å². The highest BCUT2D eigenvalue weighted by Crippen LogP contribution is 2.57. The van der Waals surface area contributed by atoms with Gasteiger partial charge in [-0.1, -0.05) is 171 Å². The van der Waals surface area contributed by atoms with Gasteiger partial charge in [-0.15, -0.1) is 0 Å². The van der Waals surface area contributed by atoms with Gasteiger partial charge in [0.1, 0.15) is 17.3 Å². The Kier molecular flexibility index (Phi) is 14.4. The first-order chi connectivity index (χ1) is 30.0. The van der Waals surface area contributed by atoms with Gasteiger partial charge in [0.25, 0.3) is 8.32 Å². The summed E-state index contributed by atoms with van der Waals surface area (Å²) in [5, 5.41) is 9.88. The molecule has 0 aliphatic heterocycles. The van der Waals surface area contributed by atoms with E-state index in [4.69, 9.17) is 24.4 Å². The smallest absolute Gasteiger partial charge is 0.409 e. The van der Waals surface area contributed by atoms with Crippen LogP contribution in [0, 0.1) is 0 Å². The molecule has 6 atom stereocenters. The number of carbonyl (C=O) groups excluding carboxylic acids is 1. The van der Waals surface area contributed by atoms with Crippen LogP contribution in [0.5, 0.6) is 0 Å². The van der Waals surface area contributed by atoms with Crippen LogP contribution in [0.2, 0.25) is 5.04 Å². The van der Waals surface area contributed by atoms with Crippen molar-refractivity contribution in [1.82, 2.24) is 4.90 Å². The van der Waals surface area contributed by atoms with E-state index in [2.05, 4.69) is 67.0 Å². The van der Waals surface area contributed by atoms with E-state index in [-0.39, 0.29) is 19.8 Å². The van der Waals surface area contributed by atoms with Crippen LogP contribution in [-0.4, -0.2) is 74.9 Å². The zero-order chi connectivity index (χ0) is 45.5. The van der Waals surface area contributed by atoms with Gasteiger partial charge in [-0.2, -0.15) is 0 Å². The normalized spacial score (nSPS) is 22.7. The largest absolute Gasteiger partial charge is 0.444 e. The highest BCUT2D eigenvalue weighted by Gasteiger charge is 2.79. The molecule has 0 saturated heterocycles. The van der Waals surface area contributed by atoms with Gasteiger partial charge in [-0.25, -0.2) is 4.79 Å². The molecule has 0 heterocycles. The summed E-state index contributed by atoms with van der Waals surface area (Å²) in [5.41, 5.74) is 17.9. The quantitative estimate of drug-likeness (QED) is 0.0410. The van der Waals surface area contributed by atoms with Crippen LogP contribution < -0.4 is 21.4 Å². The third-order valence-electron chi connectivity index (χ3n) is 12.7. The maximum Gasteiger partial charge on any atom is 0.409 e. The number of anilines is 1. The molecule has 0 bridgehead atoms. The summed E-state index contributed by atoms with van der Waals surface area (Å²) >= 11 is 0. The summed E-state index contributed by atoms with van der Waals surface area (Å²) in [6.45, 7) is 16.6. The second kappa shape index (κ2) is 19.3. The molecule has 1 amide bonds. The predicted molar refractivity (Wildman–Crippen MR) is 255 cm³/mol. The molecular weight excluding hydrogens is 805 g/mol. The fraction of sp³-hybridized carbons (Fsp3) is 0.353. The number of carbonyl (C=O) groups is 1. The Bertz CT molecular complexity index is 2320. The number of hydrogen-bond donors (Lipinski definition) is 2. The van der Waals surface area contributed by atoms with E-state index >= 15 is 0 Å². The van der Waals surface area contributed by atoms with Gasteiger partial charge in [-0.05, 0) is 70.5 Å². The molecule has 0 unspecified atom stereocenters. The average molecular weight is 867 g/mol. The summed E-state index contributed by atoms with van der Waals surface area (Å²) in [4.78, 5) is 18.5.